The molecule has 180 valence electrons. The molecule has 3 aromatic rings. The van der Waals surface area contributed by atoms with Crippen molar-refractivity contribution in [2.45, 2.75) is 6.54 Å². The number of furan rings is 1. The maximum Gasteiger partial charge on any atom is 0.329 e. The highest BCUT2D eigenvalue weighted by Gasteiger charge is 2.15. The highest BCUT2D eigenvalue weighted by Crippen LogP contribution is 2.22. The third-order valence-electron chi connectivity index (χ3n) is 4.08. The van der Waals surface area contributed by atoms with Gasteiger partial charge in [-0.2, -0.15) is 5.10 Å². The number of halogens is 3. The molecule has 2 aromatic carbocycles. The molecule has 0 aliphatic carbocycles. The number of rotatable bonds is 6. The van der Waals surface area contributed by atoms with E-state index in [4.69, 9.17) is 39.2 Å². The topological polar surface area (TPSA) is 142 Å². The molecule has 1 aromatic heterocycles. The molecule has 0 atom stereocenters. The first-order valence-corrected chi connectivity index (χ1v) is 10.9. The van der Waals surface area contributed by atoms with Crippen LogP contribution < -0.4 is 21.4 Å². The zero-order valence-electron chi connectivity index (χ0n) is 17.6. The number of carbonyl (C=O) groups is 4. The maximum absolute atomic E-state index is 12.0. The number of carbonyl (C=O) groups excluding carboxylic acids is 4. The van der Waals surface area contributed by atoms with Crippen molar-refractivity contribution in [1.82, 2.24) is 10.7 Å². The summed E-state index contributed by atoms with van der Waals surface area (Å²) in [6.45, 7) is -0.0768. The van der Waals surface area contributed by atoms with E-state index in [1.54, 1.807) is 18.2 Å². The summed E-state index contributed by atoms with van der Waals surface area (Å²) in [7, 11) is 0. The van der Waals surface area contributed by atoms with Gasteiger partial charge in [0.05, 0.1) is 12.8 Å². The SMILES string of the molecule is O=C(NCc1ccc(/C=N/NC(=O)C(=O)Nc2cc(Cl)cc(Cl)c2)o1)C(=O)Nc1cccc(Cl)c1. The number of hydrazone groups is 1. The van der Waals surface area contributed by atoms with Crippen LogP contribution in [0.3, 0.4) is 0 Å². The Hall–Kier alpha value is -3.86. The van der Waals surface area contributed by atoms with Crippen molar-refractivity contribution < 1.29 is 23.6 Å². The third-order valence-corrected chi connectivity index (χ3v) is 4.75. The number of amides is 4. The molecule has 13 heteroatoms. The molecule has 0 aliphatic rings. The number of anilines is 2. The molecule has 4 amide bonds. The van der Waals surface area contributed by atoms with Crippen LogP contribution in [0.1, 0.15) is 11.5 Å². The number of nitrogens with zero attached hydrogens (tertiary/aromatic N) is 1. The Balaban J connectivity index is 1.44. The fraction of sp³-hybridized carbons (Fsp3) is 0.0455. The van der Waals surface area contributed by atoms with Crippen LogP contribution in [0, 0.1) is 0 Å². The molecule has 0 aliphatic heterocycles. The zero-order chi connectivity index (χ0) is 25.4. The Morgan fingerprint density at radius 2 is 1.43 bits per heavy atom. The fourth-order valence-electron chi connectivity index (χ4n) is 2.58. The van der Waals surface area contributed by atoms with Crippen LogP contribution in [0.2, 0.25) is 15.1 Å². The molecule has 0 bridgehead atoms. The lowest BCUT2D eigenvalue weighted by atomic mass is 10.3. The van der Waals surface area contributed by atoms with Crippen LogP contribution in [0.25, 0.3) is 0 Å². The first kappa shape index (κ1) is 25.8. The summed E-state index contributed by atoms with van der Waals surface area (Å²) in [5.41, 5.74) is 2.66. The highest BCUT2D eigenvalue weighted by molar-refractivity contribution is 6.40. The van der Waals surface area contributed by atoms with Gasteiger partial charge < -0.3 is 20.4 Å². The summed E-state index contributed by atoms with van der Waals surface area (Å²) in [4.78, 5) is 47.7. The number of hydrogen-bond donors (Lipinski definition) is 4. The second kappa shape index (κ2) is 12.0. The Kier molecular flexibility index (Phi) is 8.85. The van der Waals surface area contributed by atoms with E-state index in [1.807, 2.05) is 5.43 Å². The van der Waals surface area contributed by atoms with E-state index in [0.717, 1.165) is 6.21 Å². The van der Waals surface area contributed by atoms with Crippen LogP contribution in [0.4, 0.5) is 11.4 Å². The van der Waals surface area contributed by atoms with Crippen molar-refractivity contribution in [2.75, 3.05) is 10.6 Å². The maximum atomic E-state index is 12.0. The predicted octanol–water partition coefficient (Wildman–Crippen LogP) is 3.58. The number of benzene rings is 2. The Labute approximate surface area is 213 Å². The standard InChI is InChI=1S/C22H16Cl3N5O5/c23-12-2-1-3-15(7-12)28-20(32)19(31)26-10-17-4-5-18(35-17)11-27-30-22(34)21(33)29-16-8-13(24)6-14(25)9-16/h1-9,11H,10H2,(H,26,31)(H,28,32)(H,29,33)(H,30,34)/b27-11+. The lowest BCUT2D eigenvalue weighted by molar-refractivity contribution is -0.136. The lowest BCUT2D eigenvalue weighted by Gasteiger charge is -2.05. The summed E-state index contributed by atoms with van der Waals surface area (Å²) in [6.07, 6.45) is 1.15. The van der Waals surface area contributed by atoms with Crippen molar-refractivity contribution in [1.29, 1.82) is 0 Å². The second-order valence-electron chi connectivity index (χ2n) is 6.76. The highest BCUT2D eigenvalue weighted by atomic mass is 35.5. The van der Waals surface area contributed by atoms with E-state index in [0.29, 0.717) is 16.5 Å². The lowest BCUT2D eigenvalue weighted by Crippen LogP contribution is -2.34. The van der Waals surface area contributed by atoms with Crippen LogP contribution in [-0.4, -0.2) is 29.8 Å². The first-order chi connectivity index (χ1) is 16.7. The largest absolute Gasteiger partial charge is 0.458 e. The van der Waals surface area contributed by atoms with Gasteiger partial charge in [-0.25, -0.2) is 5.43 Å². The van der Waals surface area contributed by atoms with Gasteiger partial charge in [-0.15, -0.1) is 0 Å². The summed E-state index contributed by atoms with van der Waals surface area (Å²) in [5.74, 6) is -3.24. The average Bonchev–Trinajstić information content (AvgIpc) is 3.24. The van der Waals surface area contributed by atoms with E-state index >= 15 is 0 Å². The molecule has 0 saturated heterocycles. The van der Waals surface area contributed by atoms with Crippen molar-refractivity contribution in [3.8, 4) is 0 Å². The summed E-state index contributed by atoms with van der Waals surface area (Å²) in [5, 5.41) is 11.8. The monoisotopic (exact) mass is 535 g/mol. The van der Waals surface area contributed by atoms with E-state index < -0.39 is 23.6 Å². The van der Waals surface area contributed by atoms with Gasteiger partial charge >= 0.3 is 23.6 Å². The van der Waals surface area contributed by atoms with Gasteiger partial charge in [-0.1, -0.05) is 40.9 Å². The van der Waals surface area contributed by atoms with Crippen molar-refractivity contribution in [2.24, 2.45) is 5.10 Å². The van der Waals surface area contributed by atoms with Crippen LogP contribution >= 0.6 is 34.8 Å². The summed E-state index contributed by atoms with van der Waals surface area (Å²) < 4.78 is 5.42. The molecule has 1 heterocycles. The van der Waals surface area contributed by atoms with E-state index in [1.165, 1.54) is 36.4 Å². The third kappa shape index (κ3) is 8.14. The number of nitrogens with one attached hydrogen (secondary N) is 4. The van der Waals surface area contributed by atoms with Crippen LogP contribution in [0.5, 0.6) is 0 Å². The minimum atomic E-state index is -1.04. The van der Waals surface area contributed by atoms with Gasteiger partial charge in [0.25, 0.3) is 0 Å². The molecular formula is C22H16Cl3N5O5. The Bertz CT molecular complexity index is 1290. The predicted molar refractivity (Wildman–Crippen MR) is 131 cm³/mol. The Morgan fingerprint density at radius 1 is 0.771 bits per heavy atom. The van der Waals surface area contributed by atoms with Gasteiger partial charge in [-0.3, -0.25) is 19.2 Å². The Morgan fingerprint density at radius 3 is 2.14 bits per heavy atom. The molecule has 0 saturated carbocycles. The fourth-order valence-corrected chi connectivity index (χ4v) is 3.30. The van der Waals surface area contributed by atoms with E-state index in [2.05, 4.69) is 21.1 Å². The normalized spacial score (nSPS) is 10.6. The van der Waals surface area contributed by atoms with Crippen molar-refractivity contribution >= 4 is 76.0 Å². The van der Waals surface area contributed by atoms with Gasteiger partial charge in [0, 0.05) is 26.4 Å². The molecular weight excluding hydrogens is 521 g/mol. The van der Waals surface area contributed by atoms with Crippen molar-refractivity contribution in [3.63, 3.8) is 0 Å². The van der Waals surface area contributed by atoms with Gasteiger partial charge in [0.15, 0.2) is 0 Å². The zero-order valence-corrected chi connectivity index (χ0v) is 19.9. The summed E-state index contributed by atoms with van der Waals surface area (Å²) >= 11 is 17.5. The first-order valence-electron chi connectivity index (χ1n) is 9.73. The van der Waals surface area contributed by atoms with E-state index in [-0.39, 0.29) is 28.0 Å². The molecule has 35 heavy (non-hydrogen) atoms. The summed E-state index contributed by atoms with van der Waals surface area (Å²) in [6, 6.07) is 13.7. The minimum absolute atomic E-state index is 0.0768. The van der Waals surface area contributed by atoms with Gasteiger partial charge in [0.2, 0.25) is 0 Å². The smallest absolute Gasteiger partial charge is 0.329 e. The van der Waals surface area contributed by atoms with Crippen LogP contribution in [0.15, 0.2) is 64.1 Å². The molecule has 0 radical (unpaired) electrons. The molecule has 4 N–H and O–H groups in total. The molecule has 10 nitrogen and oxygen atoms in total. The second-order valence-corrected chi connectivity index (χ2v) is 8.07. The minimum Gasteiger partial charge on any atom is -0.458 e. The number of hydrogen-bond acceptors (Lipinski definition) is 6. The molecule has 0 spiro atoms. The van der Waals surface area contributed by atoms with Crippen molar-refractivity contribution in [3.05, 3.63) is 81.2 Å². The van der Waals surface area contributed by atoms with Crippen LogP contribution in [-0.2, 0) is 25.7 Å². The van der Waals surface area contributed by atoms with Gasteiger partial charge in [-0.05, 0) is 48.5 Å². The molecule has 3 rings (SSSR count). The molecule has 0 unspecified atom stereocenters. The van der Waals surface area contributed by atoms with E-state index in [9.17, 15) is 19.2 Å². The van der Waals surface area contributed by atoms with Gasteiger partial charge in [0.1, 0.15) is 11.5 Å². The molecule has 0 fully saturated rings. The average molecular weight is 537 g/mol. The quantitative estimate of drug-likeness (QED) is 0.216.